The van der Waals surface area contributed by atoms with Crippen molar-refractivity contribution in [3.63, 3.8) is 0 Å². The molecule has 3 heteroatoms. The van der Waals surface area contributed by atoms with Crippen LogP contribution in [-0.4, -0.2) is 6.71 Å². The molecule has 0 saturated heterocycles. The van der Waals surface area contributed by atoms with Crippen molar-refractivity contribution < 1.29 is 0 Å². The van der Waals surface area contributed by atoms with Gasteiger partial charge in [-0.2, -0.15) is 0 Å². The minimum atomic E-state index is -0.0980. The first-order valence-electron chi connectivity index (χ1n) is 24.2. The molecule has 0 atom stereocenters. The van der Waals surface area contributed by atoms with Gasteiger partial charge in [0, 0.05) is 34.1 Å². The van der Waals surface area contributed by atoms with Crippen molar-refractivity contribution in [3.8, 4) is 11.1 Å². The predicted octanol–water partition coefficient (Wildman–Crippen LogP) is 15.0. The van der Waals surface area contributed by atoms with Crippen LogP contribution in [0.1, 0.15) is 161 Å². The van der Waals surface area contributed by atoms with E-state index in [0.29, 0.717) is 0 Å². The fourth-order valence-electron chi connectivity index (χ4n) is 12.5. The lowest BCUT2D eigenvalue weighted by atomic mass is 9.33. The average Bonchev–Trinajstić information content (AvgIpc) is 3.39. The number of rotatable bonds is 3. The molecule has 6 aromatic rings. The third kappa shape index (κ3) is 6.48. The van der Waals surface area contributed by atoms with E-state index in [1.54, 1.807) is 0 Å². The van der Waals surface area contributed by atoms with Crippen LogP contribution in [0.25, 0.3) is 11.1 Å². The zero-order valence-corrected chi connectivity index (χ0v) is 41.9. The fraction of sp³-hybridized carbons (Fsp3) is 0.410. The first kappa shape index (κ1) is 42.9. The number of aryl methyl sites for hydroxylation is 2. The van der Waals surface area contributed by atoms with Crippen LogP contribution in [0.15, 0.2) is 103 Å². The van der Waals surface area contributed by atoms with Gasteiger partial charge in [0.15, 0.2) is 0 Å². The highest BCUT2D eigenvalue weighted by atomic mass is 15.2. The van der Waals surface area contributed by atoms with Gasteiger partial charge in [0.05, 0.1) is 0 Å². The number of anilines is 6. The highest BCUT2D eigenvalue weighted by Gasteiger charge is 2.49. The summed E-state index contributed by atoms with van der Waals surface area (Å²) in [6, 6.07) is 41.2. The normalized spacial score (nSPS) is 18.5. The molecule has 2 nitrogen and oxygen atoms in total. The molecule has 0 fully saturated rings. The molecule has 0 bridgehead atoms. The largest absolute Gasteiger partial charge is 0.311 e. The van der Waals surface area contributed by atoms with Gasteiger partial charge in [-0.3, -0.25) is 0 Å². The standard InChI is InChI=1S/C61H71BN2/c1-37-28-40(39-20-18-17-19-21-39)22-25-49(37)63-51-30-41(56(3,4)5)23-24-47(51)62-48-33-44-45(59(11,12)27-26-58(44,9)10)35-52(48)64(54-32-42(57(6,7)8)31-53(63)55(54)62)50-34-46-43(29-38(50)2)60(13,14)36-61(46,15)16/h17-25,28-35H,26-27,36H2,1-16H3. The Kier molecular flexibility index (Phi) is 9.22. The van der Waals surface area contributed by atoms with Crippen LogP contribution in [0.3, 0.4) is 0 Å². The van der Waals surface area contributed by atoms with Gasteiger partial charge in [-0.25, -0.2) is 0 Å². The molecular weight excluding hydrogens is 771 g/mol. The van der Waals surface area contributed by atoms with Crippen LogP contribution in [-0.2, 0) is 32.5 Å². The molecule has 64 heavy (non-hydrogen) atoms. The van der Waals surface area contributed by atoms with Crippen LogP contribution in [0, 0.1) is 13.8 Å². The minimum absolute atomic E-state index is 0.0189. The summed E-state index contributed by atoms with van der Waals surface area (Å²) in [6.07, 6.45) is 3.51. The maximum atomic E-state index is 2.74. The SMILES string of the molecule is Cc1cc(-c2ccccc2)ccc1N1c2cc(C(C)(C)C)ccc2B2c3cc4c(cc3N(c3cc5c(cc3C)C(C)(C)CC5(C)C)c3cc(C(C)(C)C)cc1c32)C(C)(C)CCC4(C)C. The summed E-state index contributed by atoms with van der Waals surface area (Å²) >= 11 is 0. The fourth-order valence-corrected chi connectivity index (χ4v) is 12.5. The first-order chi connectivity index (χ1) is 29.8. The van der Waals surface area contributed by atoms with Gasteiger partial charge in [-0.05, 0) is 180 Å². The van der Waals surface area contributed by atoms with Gasteiger partial charge >= 0.3 is 0 Å². The Labute approximate surface area is 386 Å². The lowest BCUT2D eigenvalue weighted by Gasteiger charge is -2.48. The smallest absolute Gasteiger partial charge is 0.252 e. The van der Waals surface area contributed by atoms with E-state index < -0.39 is 0 Å². The number of nitrogens with zero attached hydrogens (tertiary/aromatic N) is 2. The second-order valence-electron chi connectivity index (χ2n) is 25.0. The maximum Gasteiger partial charge on any atom is 0.252 e. The molecule has 0 amide bonds. The zero-order chi connectivity index (χ0) is 45.8. The molecule has 0 spiro atoms. The van der Waals surface area contributed by atoms with Crippen LogP contribution < -0.4 is 26.2 Å². The summed E-state index contributed by atoms with van der Waals surface area (Å²) in [6.45, 7) is 38.8. The van der Waals surface area contributed by atoms with E-state index in [1.807, 2.05) is 0 Å². The molecule has 2 aliphatic heterocycles. The van der Waals surface area contributed by atoms with Gasteiger partial charge in [0.2, 0.25) is 0 Å². The first-order valence-corrected chi connectivity index (χ1v) is 24.2. The lowest BCUT2D eigenvalue weighted by Crippen LogP contribution is -2.62. The Morgan fingerprint density at radius 2 is 0.922 bits per heavy atom. The van der Waals surface area contributed by atoms with E-state index >= 15 is 0 Å². The van der Waals surface area contributed by atoms with Gasteiger partial charge < -0.3 is 9.80 Å². The van der Waals surface area contributed by atoms with Crippen molar-refractivity contribution in [1.29, 1.82) is 0 Å². The highest BCUT2D eigenvalue weighted by Crippen LogP contribution is 2.55. The van der Waals surface area contributed by atoms with Crippen molar-refractivity contribution in [2.45, 2.75) is 163 Å². The Hall–Kier alpha value is -5.02. The number of benzene rings is 6. The summed E-state index contributed by atoms with van der Waals surface area (Å²) in [5.41, 5.74) is 26.1. The Bertz CT molecular complexity index is 2910. The van der Waals surface area contributed by atoms with Crippen molar-refractivity contribution >= 4 is 57.2 Å². The van der Waals surface area contributed by atoms with E-state index in [0.717, 1.165) is 6.42 Å². The van der Waals surface area contributed by atoms with Gasteiger partial charge in [-0.1, -0.05) is 158 Å². The average molecular weight is 843 g/mol. The molecule has 0 aromatic heterocycles. The predicted molar refractivity (Wildman–Crippen MR) is 279 cm³/mol. The summed E-state index contributed by atoms with van der Waals surface area (Å²) in [7, 11) is 0. The monoisotopic (exact) mass is 843 g/mol. The highest BCUT2D eigenvalue weighted by molar-refractivity contribution is 7.00. The summed E-state index contributed by atoms with van der Waals surface area (Å²) in [5, 5.41) is 0. The molecular formula is C61H71BN2. The molecule has 0 radical (unpaired) electrons. The van der Waals surface area contributed by atoms with Crippen LogP contribution in [0.5, 0.6) is 0 Å². The number of hydrogen-bond acceptors (Lipinski definition) is 2. The van der Waals surface area contributed by atoms with E-state index in [1.165, 1.54) is 119 Å². The Morgan fingerprint density at radius 3 is 1.52 bits per heavy atom. The quantitative estimate of drug-likeness (QED) is 0.164. The van der Waals surface area contributed by atoms with E-state index in [9.17, 15) is 0 Å². The lowest BCUT2D eigenvalue weighted by molar-refractivity contribution is 0.332. The third-order valence-electron chi connectivity index (χ3n) is 16.2. The molecule has 4 aliphatic rings. The van der Waals surface area contributed by atoms with Crippen molar-refractivity contribution in [2.24, 2.45) is 0 Å². The van der Waals surface area contributed by atoms with Gasteiger partial charge in [-0.15, -0.1) is 0 Å². The number of fused-ring (bicyclic) bond motifs is 6. The van der Waals surface area contributed by atoms with Gasteiger partial charge in [0.1, 0.15) is 0 Å². The molecule has 0 saturated carbocycles. The summed E-state index contributed by atoms with van der Waals surface area (Å²) in [4.78, 5) is 5.40. The van der Waals surface area contributed by atoms with E-state index in [-0.39, 0.29) is 39.2 Å². The number of hydrogen-bond donors (Lipinski definition) is 0. The second-order valence-corrected chi connectivity index (χ2v) is 25.0. The van der Waals surface area contributed by atoms with E-state index in [4.69, 9.17) is 0 Å². The molecule has 10 rings (SSSR count). The van der Waals surface area contributed by atoms with Gasteiger partial charge in [0.25, 0.3) is 6.71 Å². The topological polar surface area (TPSA) is 6.48 Å². The summed E-state index contributed by atoms with van der Waals surface area (Å²) in [5.74, 6) is 0. The minimum Gasteiger partial charge on any atom is -0.311 e. The second kappa shape index (κ2) is 13.8. The molecule has 2 heterocycles. The van der Waals surface area contributed by atoms with Crippen LogP contribution in [0.4, 0.5) is 34.1 Å². The Morgan fingerprint density at radius 1 is 0.422 bits per heavy atom. The third-order valence-corrected chi connectivity index (χ3v) is 16.2. The molecule has 2 aliphatic carbocycles. The van der Waals surface area contributed by atoms with Crippen molar-refractivity contribution in [3.05, 3.63) is 148 Å². The maximum absolute atomic E-state index is 2.74. The summed E-state index contributed by atoms with van der Waals surface area (Å²) < 4.78 is 0. The van der Waals surface area contributed by atoms with Crippen molar-refractivity contribution in [1.82, 2.24) is 0 Å². The van der Waals surface area contributed by atoms with Crippen LogP contribution >= 0.6 is 0 Å². The van der Waals surface area contributed by atoms with Crippen molar-refractivity contribution in [2.75, 3.05) is 9.80 Å². The molecule has 328 valence electrons. The molecule has 0 N–H and O–H groups in total. The zero-order valence-electron chi connectivity index (χ0n) is 41.9. The van der Waals surface area contributed by atoms with Crippen LogP contribution in [0.2, 0.25) is 0 Å². The van der Waals surface area contributed by atoms with E-state index in [2.05, 4.69) is 224 Å². The molecule has 0 unspecified atom stereocenters. The Balaban J connectivity index is 1.35. The molecule has 6 aromatic carbocycles.